The number of rotatable bonds is 1. The van der Waals surface area contributed by atoms with Crippen molar-refractivity contribution < 1.29 is 0 Å². The van der Waals surface area contributed by atoms with E-state index < -0.39 is 5.43 Å². The Hall–Kier alpha value is -1.18. The van der Waals surface area contributed by atoms with Gasteiger partial charge in [-0.3, -0.25) is 9.59 Å². The van der Waals surface area contributed by atoms with E-state index in [-0.39, 0.29) is 5.43 Å². The van der Waals surface area contributed by atoms with Gasteiger partial charge >= 0.3 is 0 Å². The summed E-state index contributed by atoms with van der Waals surface area (Å²) in [4.78, 5) is 21.0. The van der Waals surface area contributed by atoms with E-state index in [0.29, 0.717) is 11.1 Å². The van der Waals surface area contributed by atoms with Crippen molar-refractivity contribution >= 4 is 6.08 Å². The molecule has 0 radical (unpaired) electrons. The summed E-state index contributed by atoms with van der Waals surface area (Å²) in [6, 6.07) is 0. The second-order valence-corrected chi connectivity index (χ2v) is 1.90. The molecule has 0 saturated carbocycles. The molecule has 0 bridgehead atoms. The summed E-state index contributed by atoms with van der Waals surface area (Å²) >= 11 is 0. The fraction of sp³-hybridized carbons (Fsp3) is 0.143. The Morgan fingerprint density at radius 1 is 1.33 bits per heavy atom. The zero-order valence-electron chi connectivity index (χ0n) is 5.10. The third-order valence-corrected chi connectivity index (χ3v) is 1.40. The van der Waals surface area contributed by atoms with E-state index in [1.54, 1.807) is 6.92 Å². The summed E-state index contributed by atoms with van der Waals surface area (Å²) in [6.45, 7) is 5.01. The molecular formula is C7H6O2. The molecule has 0 spiro atoms. The molecule has 1 aromatic carbocycles. The number of hydrogen-bond acceptors (Lipinski definition) is 2. The van der Waals surface area contributed by atoms with E-state index in [1.165, 1.54) is 6.08 Å². The monoisotopic (exact) mass is 122 g/mol. The molecule has 0 aromatic heterocycles. The molecule has 0 amide bonds. The fourth-order valence-electron chi connectivity index (χ4n) is 0.769. The molecule has 9 heavy (non-hydrogen) atoms. The molecule has 0 aliphatic carbocycles. The second-order valence-electron chi connectivity index (χ2n) is 1.90. The molecular weight excluding hydrogens is 116 g/mol. The molecule has 0 N–H and O–H groups in total. The number of hydrogen-bond donors (Lipinski definition) is 0. The van der Waals surface area contributed by atoms with Crippen molar-refractivity contribution in [3.8, 4) is 0 Å². The summed E-state index contributed by atoms with van der Waals surface area (Å²) in [7, 11) is 0. The maximum Gasteiger partial charge on any atom is 0.233 e. The Labute approximate surface area is 52.1 Å². The van der Waals surface area contributed by atoms with Crippen LogP contribution in [-0.2, 0) is 0 Å². The summed E-state index contributed by atoms with van der Waals surface area (Å²) in [6.07, 6.45) is 1.42. The maximum atomic E-state index is 10.5. The van der Waals surface area contributed by atoms with Gasteiger partial charge in [0, 0.05) is 11.1 Å². The highest BCUT2D eigenvalue weighted by Crippen LogP contribution is 1.97. The van der Waals surface area contributed by atoms with Crippen LogP contribution in [0.5, 0.6) is 0 Å². The van der Waals surface area contributed by atoms with Crippen LogP contribution in [0.4, 0.5) is 0 Å². The molecule has 0 heterocycles. The third kappa shape index (κ3) is 0.560. The molecule has 0 fully saturated rings. The SMILES string of the molecule is C=Cc1c(C)c(=O)c1=O. The molecule has 0 aliphatic heterocycles. The Morgan fingerprint density at radius 3 is 2.11 bits per heavy atom. The van der Waals surface area contributed by atoms with Crippen molar-refractivity contribution in [2.75, 3.05) is 0 Å². The highest BCUT2D eigenvalue weighted by atomic mass is 16.2. The van der Waals surface area contributed by atoms with Crippen LogP contribution >= 0.6 is 0 Å². The Kier molecular flexibility index (Phi) is 1.09. The van der Waals surface area contributed by atoms with E-state index in [1.807, 2.05) is 0 Å². The van der Waals surface area contributed by atoms with Crippen LogP contribution in [0.3, 0.4) is 0 Å². The molecule has 2 heteroatoms. The Balaban J connectivity index is 3.42. The van der Waals surface area contributed by atoms with Gasteiger partial charge in [-0.1, -0.05) is 12.7 Å². The van der Waals surface area contributed by atoms with Crippen LogP contribution in [0.2, 0.25) is 0 Å². The highest BCUT2D eigenvalue weighted by Gasteiger charge is 2.11. The third-order valence-electron chi connectivity index (χ3n) is 1.40. The fourth-order valence-corrected chi connectivity index (χ4v) is 0.769. The van der Waals surface area contributed by atoms with E-state index in [9.17, 15) is 9.59 Å². The van der Waals surface area contributed by atoms with Gasteiger partial charge in [-0.2, -0.15) is 0 Å². The van der Waals surface area contributed by atoms with Crippen LogP contribution in [0, 0.1) is 6.92 Å². The predicted octanol–water partition coefficient (Wildman–Crippen LogP) is 0.234. The van der Waals surface area contributed by atoms with Crippen LogP contribution < -0.4 is 10.9 Å². The van der Waals surface area contributed by atoms with Gasteiger partial charge < -0.3 is 0 Å². The first kappa shape index (κ1) is 5.95. The van der Waals surface area contributed by atoms with Crippen molar-refractivity contribution in [2.24, 2.45) is 0 Å². The van der Waals surface area contributed by atoms with Gasteiger partial charge in [0.25, 0.3) is 0 Å². The van der Waals surface area contributed by atoms with Crippen LogP contribution in [-0.4, -0.2) is 0 Å². The topological polar surface area (TPSA) is 34.1 Å². The van der Waals surface area contributed by atoms with Crippen molar-refractivity contribution in [2.45, 2.75) is 6.92 Å². The first-order chi connectivity index (χ1) is 4.18. The van der Waals surface area contributed by atoms with E-state index in [2.05, 4.69) is 6.58 Å². The van der Waals surface area contributed by atoms with Crippen LogP contribution in [0.15, 0.2) is 16.2 Å². The van der Waals surface area contributed by atoms with E-state index >= 15 is 0 Å². The first-order valence-electron chi connectivity index (χ1n) is 2.61. The van der Waals surface area contributed by atoms with Crippen LogP contribution in [0.1, 0.15) is 11.1 Å². The highest BCUT2D eigenvalue weighted by molar-refractivity contribution is 5.54. The van der Waals surface area contributed by atoms with Gasteiger partial charge in [0.1, 0.15) is 0 Å². The predicted molar refractivity (Wildman–Crippen MR) is 36.2 cm³/mol. The minimum absolute atomic E-state index is 0.370. The molecule has 0 saturated heterocycles. The largest absolute Gasteiger partial charge is 0.285 e. The molecule has 2 nitrogen and oxygen atoms in total. The van der Waals surface area contributed by atoms with Crippen molar-refractivity contribution in [1.29, 1.82) is 0 Å². The molecule has 0 aliphatic rings. The van der Waals surface area contributed by atoms with Crippen molar-refractivity contribution in [3.63, 3.8) is 0 Å². The normalized spacial score (nSPS) is 9.89. The van der Waals surface area contributed by atoms with E-state index in [4.69, 9.17) is 0 Å². The Bertz CT molecular complexity index is 313. The maximum absolute atomic E-state index is 10.5. The summed E-state index contributed by atoms with van der Waals surface area (Å²) in [5.74, 6) is 0. The zero-order chi connectivity index (χ0) is 7.02. The molecule has 1 aromatic rings. The lowest BCUT2D eigenvalue weighted by Gasteiger charge is -1.97. The second kappa shape index (κ2) is 1.65. The molecule has 46 valence electrons. The average Bonchev–Trinajstić information content (AvgIpc) is 1.89. The van der Waals surface area contributed by atoms with Gasteiger partial charge in [0.2, 0.25) is 10.9 Å². The molecule has 0 unspecified atom stereocenters. The zero-order valence-corrected chi connectivity index (χ0v) is 5.10. The lowest BCUT2D eigenvalue weighted by molar-refractivity contribution is 1.25. The molecule has 0 atom stereocenters. The lowest BCUT2D eigenvalue weighted by atomic mass is 10.0. The van der Waals surface area contributed by atoms with Crippen molar-refractivity contribution in [3.05, 3.63) is 38.2 Å². The van der Waals surface area contributed by atoms with Crippen molar-refractivity contribution in [1.82, 2.24) is 0 Å². The van der Waals surface area contributed by atoms with Gasteiger partial charge in [-0.25, -0.2) is 0 Å². The summed E-state index contributed by atoms with van der Waals surface area (Å²) in [5, 5.41) is 0. The quantitative estimate of drug-likeness (QED) is 0.500. The van der Waals surface area contributed by atoms with Gasteiger partial charge in [-0.05, 0) is 6.92 Å². The minimum atomic E-state index is -0.400. The summed E-state index contributed by atoms with van der Waals surface area (Å²) < 4.78 is 0. The van der Waals surface area contributed by atoms with E-state index in [0.717, 1.165) is 0 Å². The van der Waals surface area contributed by atoms with Gasteiger partial charge in [0.15, 0.2) is 0 Å². The minimum Gasteiger partial charge on any atom is -0.285 e. The van der Waals surface area contributed by atoms with Gasteiger partial charge in [-0.15, -0.1) is 0 Å². The standard InChI is InChI=1S/C7H6O2/c1-3-5-4(2)6(8)7(5)9/h3H,1H2,2H3. The molecule has 1 rings (SSSR count). The van der Waals surface area contributed by atoms with Gasteiger partial charge in [0.05, 0.1) is 0 Å². The summed E-state index contributed by atoms with van der Waals surface area (Å²) in [5.41, 5.74) is 0.238. The van der Waals surface area contributed by atoms with Crippen LogP contribution in [0.25, 0.3) is 6.08 Å². The first-order valence-corrected chi connectivity index (χ1v) is 2.61. The average molecular weight is 122 g/mol. The smallest absolute Gasteiger partial charge is 0.233 e. The lowest BCUT2D eigenvalue weighted by Crippen LogP contribution is -2.36. The Morgan fingerprint density at radius 2 is 1.89 bits per heavy atom.